The minimum absolute atomic E-state index is 0.0446. The van der Waals surface area contributed by atoms with Crippen LogP contribution < -0.4 is 11.1 Å². The Balaban J connectivity index is 2.33. The van der Waals surface area contributed by atoms with E-state index in [2.05, 4.69) is 12.2 Å². The number of carbonyl (C=O) groups excluding carboxylic acids is 1. The summed E-state index contributed by atoms with van der Waals surface area (Å²) in [6.07, 6.45) is 4.35. The number of rotatable bonds is 5. The van der Waals surface area contributed by atoms with Crippen LogP contribution in [0.5, 0.6) is 0 Å². The summed E-state index contributed by atoms with van der Waals surface area (Å²) >= 11 is 0. The highest BCUT2D eigenvalue weighted by Gasteiger charge is 2.25. The van der Waals surface area contributed by atoms with E-state index in [1.54, 1.807) is 7.11 Å². The van der Waals surface area contributed by atoms with Gasteiger partial charge in [-0.2, -0.15) is 0 Å². The number of amides is 1. The molecule has 4 nitrogen and oxygen atoms in total. The van der Waals surface area contributed by atoms with Crippen LogP contribution in [0.4, 0.5) is 0 Å². The Bertz CT molecular complexity index is 213. The van der Waals surface area contributed by atoms with Crippen LogP contribution >= 0.6 is 0 Å². The lowest BCUT2D eigenvalue weighted by atomic mass is 9.82. The highest BCUT2D eigenvalue weighted by atomic mass is 16.5. The van der Waals surface area contributed by atoms with Gasteiger partial charge in [0.05, 0.1) is 12.6 Å². The molecule has 16 heavy (non-hydrogen) atoms. The molecule has 1 aliphatic rings. The van der Waals surface area contributed by atoms with Gasteiger partial charge in [0, 0.05) is 19.6 Å². The molecule has 0 aliphatic heterocycles. The van der Waals surface area contributed by atoms with Gasteiger partial charge in [-0.3, -0.25) is 4.79 Å². The predicted molar refractivity (Wildman–Crippen MR) is 64.0 cm³/mol. The minimum atomic E-state index is -0.0446. The topological polar surface area (TPSA) is 64.3 Å². The third kappa shape index (κ3) is 4.10. The zero-order valence-corrected chi connectivity index (χ0v) is 10.4. The fraction of sp³-hybridized carbons (Fsp3) is 0.917. The summed E-state index contributed by atoms with van der Waals surface area (Å²) in [5.74, 6) is 1.11. The zero-order chi connectivity index (χ0) is 12.0. The van der Waals surface area contributed by atoms with E-state index in [4.69, 9.17) is 10.5 Å². The molecule has 0 aromatic rings. The Morgan fingerprint density at radius 1 is 1.44 bits per heavy atom. The second kappa shape index (κ2) is 6.86. The molecule has 1 unspecified atom stereocenters. The van der Waals surface area contributed by atoms with Gasteiger partial charge in [-0.25, -0.2) is 0 Å². The molecule has 1 rings (SSSR count). The predicted octanol–water partition coefficient (Wildman–Crippen LogP) is 0.903. The van der Waals surface area contributed by atoms with E-state index < -0.39 is 0 Å². The third-order valence-corrected chi connectivity index (χ3v) is 3.39. The number of ether oxygens (including phenoxy) is 1. The molecular weight excluding hydrogens is 204 g/mol. The van der Waals surface area contributed by atoms with Crippen LogP contribution in [0.3, 0.4) is 0 Å². The van der Waals surface area contributed by atoms with Gasteiger partial charge >= 0.3 is 0 Å². The molecule has 0 aromatic heterocycles. The van der Waals surface area contributed by atoms with E-state index in [1.807, 2.05) is 0 Å². The summed E-state index contributed by atoms with van der Waals surface area (Å²) in [5, 5.41) is 2.96. The number of carbonyl (C=O) groups is 1. The molecule has 94 valence electrons. The van der Waals surface area contributed by atoms with Crippen molar-refractivity contribution in [3.8, 4) is 0 Å². The summed E-state index contributed by atoms with van der Waals surface area (Å²) < 4.78 is 5.01. The maximum Gasteiger partial charge on any atom is 0.223 e. The summed E-state index contributed by atoms with van der Waals surface area (Å²) in [6.45, 7) is 3.18. The first kappa shape index (κ1) is 13.5. The molecule has 0 aromatic carbocycles. The fourth-order valence-corrected chi connectivity index (χ4v) is 2.21. The van der Waals surface area contributed by atoms with Crippen molar-refractivity contribution in [3.05, 3.63) is 0 Å². The van der Waals surface area contributed by atoms with E-state index in [0.717, 1.165) is 31.6 Å². The Morgan fingerprint density at radius 2 is 2.06 bits per heavy atom. The van der Waals surface area contributed by atoms with Gasteiger partial charge in [0.25, 0.3) is 0 Å². The molecule has 4 heteroatoms. The molecule has 1 amide bonds. The smallest absolute Gasteiger partial charge is 0.223 e. The maximum atomic E-state index is 11.9. The lowest BCUT2D eigenvalue weighted by Crippen LogP contribution is -2.46. The van der Waals surface area contributed by atoms with Crippen LogP contribution in [0.15, 0.2) is 0 Å². The fourth-order valence-electron chi connectivity index (χ4n) is 2.21. The van der Waals surface area contributed by atoms with Gasteiger partial charge in [0.2, 0.25) is 5.91 Å². The summed E-state index contributed by atoms with van der Waals surface area (Å²) in [6, 6.07) is -0.0446. The molecular formula is C12H24N2O2. The first-order valence-corrected chi connectivity index (χ1v) is 6.16. The maximum absolute atomic E-state index is 11.9. The summed E-state index contributed by atoms with van der Waals surface area (Å²) in [4.78, 5) is 11.9. The molecule has 0 spiro atoms. The quantitative estimate of drug-likeness (QED) is 0.735. The second-order valence-electron chi connectivity index (χ2n) is 4.85. The van der Waals surface area contributed by atoms with Crippen LogP contribution in [0, 0.1) is 11.8 Å². The van der Waals surface area contributed by atoms with Crippen molar-refractivity contribution in [3.63, 3.8) is 0 Å². The number of hydrogen-bond acceptors (Lipinski definition) is 3. The van der Waals surface area contributed by atoms with E-state index in [0.29, 0.717) is 13.2 Å². The Hall–Kier alpha value is -0.610. The van der Waals surface area contributed by atoms with Crippen LogP contribution in [0.2, 0.25) is 0 Å². The average molecular weight is 228 g/mol. The highest BCUT2D eigenvalue weighted by molar-refractivity contribution is 5.79. The van der Waals surface area contributed by atoms with Gasteiger partial charge in [-0.1, -0.05) is 6.92 Å². The number of nitrogens with two attached hydrogens (primary N) is 1. The molecule has 0 radical (unpaired) electrons. The van der Waals surface area contributed by atoms with Crippen LogP contribution in [-0.4, -0.2) is 32.2 Å². The van der Waals surface area contributed by atoms with E-state index in [1.165, 1.54) is 0 Å². The molecule has 1 aliphatic carbocycles. The standard InChI is InChI=1S/C12H24N2O2/c1-9-3-5-10(6-4-9)12(15)14-11(7-13)8-16-2/h9-11H,3-8,13H2,1-2H3,(H,14,15). The van der Waals surface area contributed by atoms with Crippen molar-refractivity contribution >= 4 is 5.91 Å². The lowest BCUT2D eigenvalue weighted by molar-refractivity contribution is -0.127. The number of nitrogens with one attached hydrogen (secondary N) is 1. The van der Waals surface area contributed by atoms with Crippen molar-refractivity contribution in [2.24, 2.45) is 17.6 Å². The average Bonchev–Trinajstić information content (AvgIpc) is 2.29. The van der Waals surface area contributed by atoms with Crippen molar-refractivity contribution in [1.29, 1.82) is 0 Å². The molecule has 1 fully saturated rings. The molecule has 0 heterocycles. The summed E-state index contributed by atoms with van der Waals surface area (Å²) in [7, 11) is 1.62. The normalized spacial score (nSPS) is 27.4. The largest absolute Gasteiger partial charge is 0.383 e. The van der Waals surface area contributed by atoms with Gasteiger partial charge in [0.1, 0.15) is 0 Å². The van der Waals surface area contributed by atoms with E-state index >= 15 is 0 Å². The van der Waals surface area contributed by atoms with Crippen LogP contribution in [0.1, 0.15) is 32.6 Å². The highest BCUT2D eigenvalue weighted by Crippen LogP contribution is 2.28. The van der Waals surface area contributed by atoms with Crippen molar-refractivity contribution in [2.75, 3.05) is 20.3 Å². The van der Waals surface area contributed by atoms with Crippen molar-refractivity contribution < 1.29 is 9.53 Å². The zero-order valence-electron chi connectivity index (χ0n) is 10.4. The third-order valence-electron chi connectivity index (χ3n) is 3.39. The SMILES string of the molecule is COCC(CN)NC(=O)C1CCC(C)CC1. The molecule has 1 atom stereocenters. The molecule has 3 N–H and O–H groups in total. The van der Waals surface area contributed by atoms with Crippen molar-refractivity contribution in [1.82, 2.24) is 5.32 Å². The Morgan fingerprint density at radius 3 is 2.56 bits per heavy atom. The molecule has 0 saturated heterocycles. The van der Waals surface area contributed by atoms with Gasteiger partial charge in [0.15, 0.2) is 0 Å². The summed E-state index contributed by atoms with van der Waals surface area (Å²) in [5.41, 5.74) is 5.56. The van der Waals surface area contributed by atoms with Crippen LogP contribution in [-0.2, 0) is 9.53 Å². The first-order valence-electron chi connectivity index (χ1n) is 6.16. The van der Waals surface area contributed by atoms with Crippen LogP contribution in [0.25, 0.3) is 0 Å². The van der Waals surface area contributed by atoms with E-state index in [9.17, 15) is 4.79 Å². The monoisotopic (exact) mass is 228 g/mol. The second-order valence-corrected chi connectivity index (χ2v) is 4.85. The Labute approximate surface area is 97.9 Å². The van der Waals surface area contributed by atoms with E-state index in [-0.39, 0.29) is 17.9 Å². The van der Waals surface area contributed by atoms with Crippen molar-refractivity contribution in [2.45, 2.75) is 38.6 Å². The van der Waals surface area contributed by atoms with Gasteiger partial charge in [-0.05, 0) is 31.6 Å². The van der Waals surface area contributed by atoms with Gasteiger partial charge in [-0.15, -0.1) is 0 Å². The molecule has 0 bridgehead atoms. The molecule has 1 saturated carbocycles. The number of hydrogen-bond donors (Lipinski definition) is 2. The first-order chi connectivity index (χ1) is 7.67. The Kier molecular flexibility index (Phi) is 5.77. The minimum Gasteiger partial charge on any atom is -0.383 e. The van der Waals surface area contributed by atoms with Gasteiger partial charge < -0.3 is 15.8 Å². The number of methoxy groups -OCH3 is 1. The lowest BCUT2D eigenvalue weighted by Gasteiger charge is -2.27.